The number of carboxylic acid groups (broad SMARTS) is 1. The molecule has 0 aliphatic heterocycles. The van der Waals surface area contributed by atoms with E-state index in [1.807, 2.05) is 23.0 Å². The van der Waals surface area contributed by atoms with Gasteiger partial charge >= 0.3 is 5.97 Å². The first-order valence-electron chi connectivity index (χ1n) is 4.99. The summed E-state index contributed by atoms with van der Waals surface area (Å²) in [6.45, 7) is 0. The summed E-state index contributed by atoms with van der Waals surface area (Å²) in [5.74, 6) is -0.933. The van der Waals surface area contributed by atoms with E-state index in [4.69, 9.17) is 5.11 Å². The summed E-state index contributed by atoms with van der Waals surface area (Å²) in [5.41, 5.74) is 2.91. The Balaban J connectivity index is 2.16. The van der Waals surface area contributed by atoms with Crippen molar-refractivity contribution < 1.29 is 9.90 Å². The van der Waals surface area contributed by atoms with Gasteiger partial charge < -0.3 is 9.51 Å². The lowest BCUT2D eigenvalue weighted by atomic mass is 10.3. The molecule has 0 aliphatic carbocycles. The molecule has 0 aromatic carbocycles. The molecule has 84 valence electrons. The van der Waals surface area contributed by atoms with Gasteiger partial charge in [-0.25, -0.2) is 9.78 Å². The highest BCUT2D eigenvalue weighted by Crippen LogP contribution is 2.21. The van der Waals surface area contributed by atoms with Crippen molar-refractivity contribution in [1.29, 1.82) is 0 Å². The summed E-state index contributed by atoms with van der Waals surface area (Å²) in [5, 5.41) is 12.9. The Morgan fingerprint density at radius 1 is 1.29 bits per heavy atom. The number of aromatic nitrogens is 2. The van der Waals surface area contributed by atoms with Crippen molar-refractivity contribution in [3.63, 3.8) is 0 Å². The summed E-state index contributed by atoms with van der Waals surface area (Å²) in [4.78, 5) is 15.3. The number of nitrogens with zero attached hydrogens (tertiary/aromatic N) is 2. The standard InChI is InChI=1S/C12H8N2O2S/c15-12(16)8-1-2-11-13-10(6-14(11)5-8)9-3-4-17-7-9/h1-7H,(H,15,16). The quantitative estimate of drug-likeness (QED) is 0.754. The number of carbonyl (C=O) groups is 1. The van der Waals surface area contributed by atoms with Gasteiger partial charge in [-0.05, 0) is 23.6 Å². The van der Waals surface area contributed by atoms with Crippen molar-refractivity contribution in [1.82, 2.24) is 9.38 Å². The highest BCUT2D eigenvalue weighted by Gasteiger charge is 2.07. The minimum Gasteiger partial charge on any atom is -0.478 e. The SMILES string of the molecule is O=C(O)c1ccc2nc(-c3ccsc3)cn2c1. The molecule has 0 saturated heterocycles. The van der Waals surface area contributed by atoms with Crippen molar-refractivity contribution >= 4 is 23.0 Å². The van der Waals surface area contributed by atoms with Gasteiger partial charge in [0.1, 0.15) is 5.65 Å². The first kappa shape index (κ1) is 10.0. The highest BCUT2D eigenvalue weighted by atomic mass is 32.1. The van der Waals surface area contributed by atoms with Crippen LogP contribution in [-0.4, -0.2) is 20.5 Å². The predicted octanol–water partition coefficient (Wildman–Crippen LogP) is 2.76. The van der Waals surface area contributed by atoms with E-state index in [9.17, 15) is 4.79 Å². The van der Waals surface area contributed by atoms with Gasteiger partial charge in [-0.15, -0.1) is 0 Å². The lowest BCUT2D eigenvalue weighted by Gasteiger charge is -1.95. The molecule has 3 rings (SSSR count). The molecule has 0 spiro atoms. The van der Waals surface area contributed by atoms with Crippen molar-refractivity contribution in [3.8, 4) is 11.3 Å². The summed E-state index contributed by atoms with van der Waals surface area (Å²) in [6.07, 6.45) is 3.41. The van der Waals surface area contributed by atoms with E-state index < -0.39 is 5.97 Å². The summed E-state index contributed by atoms with van der Waals surface area (Å²) < 4.78 is 1.73. The number of hydrogen-bond donors (Lipinski definition) is 1. The van der Waals surface area contributed by atoms with Crippen molar-refractivity contribution in [2.24, 2.45) is 0 Å². The molecule has 17 heavy (non-hydrogen) atoms. The molecule has 0 saturated carbocycles. The molecule has 4 nitrogen and oxygen atoms in total. The Kier molecular flexibility index (Phi) is 2.19. The maximum absolute atomic E-state index is 10.8. The van der Waals surface area contributed by atoms with E-state index in [0.29, 0.717) is 0 Å². The van der Waals surface area contributed by atoms with Crippen LogP contribution in [-0.2, 0) is 0 Å². The normalized spacial score (nSPS) is 10.8. The lowest BCUT2D eigenvalue weighted by Crippen LogP contribution is -1.97. The number of hydrogen-bond acceptors (Lipinski definition) is 3. The molecule has 3 aromatic rings. The third-order valence-electron chi connectivity index (χ3n) is 2.51. The van der Waals surface area contributed by atoms with Crippen LogP contribution >= 0.6 is 11.3 Å². The van der Waals surface area contributed by atoms with Gasteiger partial charge in [0.25, 0.3) is 0 Å². The molecule has 3 aromatic heterocycles. The van der Waals surface area contributed by atoms with Crippen LogP contribution in [0.1, 0.15) is 10.4 Å². The highest BCUT2D eigenvalue weighted by molar-refractivity contribution is 7.08. The smallest absolute Gasteiger partial charge is 0.337 e. The zero-order chi connectivity index (χ0) is 11.8. The average molecular weight is 244 g/mol. The number of carboxylic acids is 1. The second kappa shape index (κ2) is 3.71. The second-order valence-electron chi connectivity index (χ2n) is 3.63. The molecule has 0 bridgehead atoms. The van der Waals surface area contributed by atoms with Gasteiger partial charge in [-0.3, -0.25) is 0 Å². The van der Waals surface area contributed by atoms with Crippen LogP contribution in [0.25, 0.3) is 16.9 Å². The van der Waals surface area contributed by atoms with Crippen LogP contribution in [0.3, 0.4) is 0 Å². The van der Waals surface area contributed by atoms with Gasteiger partial charge in [0.15, 0.2) is 0 Å². The van der Waals surface area contributed by atoms with Crippen LogP contribution in [0.5, 0.6) is 0 Å². The third kappa shape index (κ3) is 1.70. The Morgan fingerprint density at radius 3 is 2.88 bits per heavy atom. The zero-order valence-electron chi connectivity index (χ0n) is 8.70. The van der Waals surface area contributed by atoms with E-state index in [-0.39, 0.29) is 5.56 Å². The monoisotopic (exact) mass is 244 g/mol. The first-order chi connectivity index (χ1) is 8.24. The minimum absolute atomic E-state index is 0.256. The van der Waals surface area contributed by atoms with E-state index in [1.165, 1.54) is 0 Å². The largest absolute Gasteiger partial charge is 0.478 e. The molecule has 5 heteroatoms. The van der Waals surface area contributed by atoms with E-state index in [2.05, 4.69) is 4.98 Å². The van der Waals surface area contributed by atoms with Crippen LogP contribution in [0.15, 0.2) is 41.4 Å². The number of imidazole rings is 1. The number of rotatable bonds is 2. The Hall–Kier alpha value is -2.14. The van der Waals surface area contributed by atoms with E-state index >= 15 is 0 Å². The molecular formula is C12H8N2O2S. The third-order valence-corrected chi connectivity index (χ3v) is 3.20. The van der Waals surface area contributed by atoms with Crippen LogP contribution in [0, 0.1) is 0 Å². The molecule has 0 fully saturated rings. The van der Waals surface area contributed by atoms with Crippen molar-refractivity contribution in [2.45, 2.75) is 0 Å². The van der Waals surface area contributed by atoms with E-state index in [1.54, 1.807) is 34.1 Å². The molecule has 0 radical (unpaired) electrons. The summed E-state index contributed by atoms with van der Waals surface area (Å²) in [6, 6.07) is 5.26. The van der Waals surface area contributed by atoms with Crippen LogP contribution in [0.4, 0.5) is 0 Å². The number of aromatic carboxylic acids is 1. The molecule has 0 unspecified atom stereocenters. The van der Waals surface area contributed by atoms with Gasteiger partial charge in [0.2, 0.25) is 0 Å². The molecular weight excluding hydrogens is 236 g/mol. The summed E-state index contributed by atoms with van der Waals surface area (Å²) in [7, 11) is 0. The number of pyridine rings is 1. The fourth-order valence-corrected chi connectivity index (χ4v) is 2.32. The van der Waals surface area contributed by atoms with E-state index in [0.717, 1.165) is 16.9 Å². The van der Waals surface area contributed by atoms with Gasteiger partial charge in [0, 0.05) is 23.3 Å². The maximum Gasteiger partial charge on any atom is 0.337 e. The van der Waals surface area contributed by atoms with Crippen LogP contribution < -0.4 is 0 Å². The topological polar surface area (TPSA) is 54.6 Å². The first-order valence-corrected chi connectivity index (χ1v) is 5.93. The Bertz CT molecular complexity index is 686. The summed E-state index contributed by atoms with van der Waals surface area (Å²) >= 11 is 1.61. The van der Waals surface area contributed by atoms with Crippen molar-refractivity contribution in [3.05, 3.63) is 46.9 Å². The number of thiophene rings is 1. The fraction of sp³-hybridized carbons (Fsp3) is 0. The lowest BCUT2D eigenvalue weighted by molar-refractivity contribution is 0.0696. The fourth-order valence-electron chi connectivity index (χ4n) is 1.67. The van der Waals surface area contributed by atoms with Crippen molar-refractivity contribution in [2.75, 3.05) is 0 Å². The number of fused-ring (bicyclic) bond motifs is 1. The van der Waals surface area contributed by atoms with Gasteiger partial charge in [0.05, 0.1) is 11.3 Å². The molecule has 0 atom stereocenters. The molecule has 3 heterocycles. The van der Waals surface area contributed by atoms with Gasteiger partial charge in [-0.1, -0.05) is 0 Å². The minimum atomic E-state index is -0.933. The maximum atomic E-state index is 10.8. The Morgan fingerprint density at radius 2 is 2.18 bits per heavy atom. The van der Waals surface area contributed by atoms with Gasteiger partial charge in [-0.2, -0.15) is 11.3 Å². The zero-order valence-corrected chi connectivity index (χ0v) is 9.52. The predicted molar refractivity (Wildman–Crippen MR) is 65.5 cm³/mol. The van der Waals surface area contributed by atoms with Crippen LogP contribution in [0.2, 0.25) is 0 Å². The Labute approximate surface area is 101 Å². The average Bonchev–Trinajstić information content (AvgIpc) is 2.96. The second-order valence-corrected chi connectivity index (χ2v) is 4.41. The molecule has 0 amide bonds. The molecule has 0 aliphatic rings. The molecule has 1 N–H and O–H groups in total.